The lowest BCUT2D eigenvalue weighted by atomic mass is 9.84. The lowest BCUT2D eigenvalue weighted by molar-refractivity contribution is 0.468. The molecule has 0 aliphatic rings. The van der Waals surface area contributed by atoms with Crippen molar-refractivity contribution in [2.24, 2.45) is 0 Å². The Morgan fingerprint density at radius 3 is 2.56 bits per heavy atom. The maximum absolute atomic E-state index is 3.48. The molecule has 0 bridgehead atoms. The van der Waals surface area contributed by atoms with Crippen molar-refractivity contribution in [3.8, 4) is 0 Å². The summed E-state index contributed by atoms with van der Waals surface area (Å²) in [4.78, 5) is 0. The van der Waals surface area contributed by atoms with Crippen molar-refractivity contribution < 1.29 is 0 Å². The molecule has 0 aromatic heterocycles. The molecule has 0 radical (unpaired) electrons. The third-order valence-electron chi connectivity index (χ3n) is 2.92. The molecule has 0 saturated carbocycles. The molecule has 0 unspecified atom stereocenters. The summed E-state index contributed by atoms with van der Waals surface area (Å²) in [6.45, 7) is 9.77. The molecule has 16 heavy (non-hydrogen) atoms. The minimum atomic E-state index is 0.194. The van der Waals surface area contributed by atoms with Crippen LogP contribution in [-0.2, 0) is 5.41 Å². The van der Waals surface area contributed by atoms with Crippen LogP contribution in [-0.4, -0.2) is 26.7 Å². The van der Waals surface area contributed by atoms with E-state index in [1.807, 2.05) is 7.05 Å². The van der Waals surface area contributed by atoms with Gasteiger partial charge in [-0.05, 0) is 19.5 Å². The van der Waals surface area contributed by atoms with Crippen molar-refractivity contribution in [1.29, 1.82) is 0 Å². The SMILES string of the molecule is CNCCNCC(C)(C)c1cccc(C)c1. The summed E-state index contributed by atoms with van der Waals surface area (Å²) >= 11 is 0. The molecule has 0 atom stereocenters. The van der Waals surface area contributed by atoms with E-state index in [-0.39, 0.29) is 5.41 Å². The van der Waals surface area contributed by atoms with Crippen LogP contribution in [0.4, 0.5) is 0 Å². The average molecular weight is 220 g/mol. The maximum Gasteiger partial charge on any atom is 0.00769 e. The molecule has 0 saturated heterocycles. The monoisotopic (exact) mass is 220 g/mol. The van der Waals surface area contributed by atoms with Crippen LogP contribution in [0.15, 0.2) is 24.3 Å². The Morgan fingerprint density at radius 1 is 1.19 bits per heavy atom. The molecule has 2 heteroatoms. The zero-order valence-corrected chi connectivity index (χ0v) is 10.9. The normalized spacial score (nSPS) is 11.8. The molecule has 0 heterocycles. The molecule has 90 valence electrons. The smallest absolute Gasteiger partial charge is 0.00769 e. The first-order valence-corrected chi connectivity index (χ1v) is 5.99. The highest BCUT2D eigenvalue weighted by atomic mass is 14.9. The minimum Gasteiger partial charge on any atom is -0.318 e. The van der Waals surface area contributed by atoms with Crippen molar-refractivity contribution in [2.75, 3.05) is 26.7 Å². The Hall–Kier alpha value is -0.860. The fraction of sp³-hybridized carbons (Fsp3) is 0.571. The van der Waals surface area contributed by atoms with Crippen molar-refractivity contribution in [3.63, 3.8) is 0 Å². The highest BCUT2D eigenvalue weighted by Gasteiger charge is 2.19. The van der Waals surface area contributed by atoms with Crippen molar-refractivity contribution in [3.05, 3.63) is 35.4 Å². The molecule has 1 aromatic carbocycles. The highest BCUT2D eigenvalue weighted by Crippen LogP contribution is 2.22. The van der Waals surface area contributed by atoms with Gasteiger partial charge in [-0.25, -0.2) is 0 Å². The number of hydrogen-bond donors (Lipinski definition) is 2. The number of rotatable bonds is 6. The molecule has 0 amide bonds. The number of aryl methyl sites for hydroxylation is 1. The Bertz CT molecular complexity index is 318. The van der Waals surface area contributed by atoms with E-state index in [0.29, 0.717) is 0 Å². The lowest BCUT2D eigenvalue weighted by Gasteiger charge is -2.26. The summed E-state index contributed by atoms with van der Waals surface area (Å²) in [5.74, 6) is 0. The summed E-state index contributed by atoms with van der Waals surface area (Å²) in [6, 6.07) is 8.78. The van der Waals surface area contributed by atoms with Crippen LogP contribution in [0.2, 0.25) is 0 Å². The Labute approximate surface area is 99.5 Å². The van der Waals surface area contributed by atoms with Crippen LogP contribution in [0.5, 0.6) is 0 Å². The van der Waals surface area contributed by atoms with E-state index in [1.165, 1.54) is 11.1 Å². The third kappa shape index (κ3) is 3.95. The Kier molecular flexibility index (Phi) is 4.97. The van der Waals surface area contributed by atoms with E-state index in [1.54, 1.807) is 0 Å². The van der Waals surface area contributed by atoms with Crippen LogP contribution >= 0.6 is 0 Å². The lowest BCUT2D eigenvalue weighted by Crippen LogP contribution is -2.36. The van der Waals surface area contributed by atoms with Crippen molar-refractivity contribution >= 4 is 0 Å². The van der Waals surface area contributed by atoms with Gasteiger partial charge in [0.1, 0.15) is 0 Å². The standard InChI is InChI=1S/C14H24N2/c1-12-6-5-7-13(10-12)14(2,3)11-16-9-8-15-4/h5-7,10,15-16H,8-9,11H2,1-4H3. The van der Waals surface area contributed by atoms with Gasteiger partial charge in [0, 0.05) is 25.0 Å². The first-order valence-electron chi connectivity index (χ1n) is 5.99. The molecule has 0 aliphatic carbocycles. The van der Waals surface area contributed by atoms with E-state index in [9.17, 15) is 0 Å². The van der Waals surface area contributed by atoms with Gasteiger partial charge in [-0.1, -0.05) is 43.7 Å². The van der Waals surface area contributed by atoms with E-state index >= 15 is 0 Å². The van der Waals surface area contributed by atoms with Gasteiger partial charge in [-0.2, -0.15) is 0 Å². The molecule has 0 aliphatic heterocycles. The van der Waals surface area contributed by atoms with E-state index < -0.39 is 0 Å². The highest BCUT2D eigenvalue weighted by molar-refractivity contribution is 5.28. The summed E-state index contributed by atoms with van der Waals surface area (Å²) in [5, 5.41) is 6.62. The molecule has 2 N–H and O–H groups in total. The van der Waals surface area contributed by atoms with Gasteiger partial charge in [-0.3, -0.25) is 0 Å². The van der Waals surface area contributed by atoms with E-state index in [0.717, 1.165) is 19.6 Å². The minimum absolute atomic E-state index is 0.194. The molecule has 0 spiro atoms. The first kappa shape index (κ1) is 13.2. The van der Waals surface area contributed by atoms with Gasteiger partial charge in [0.15, 0.2) is 0 Å². The summed E-state index contributed by atoms with van der Waals surface area (Å²) in [5.41, 5.74) is 2.94. The van der Waals surface area contributed by atoms with Gasteiger partial charge < -0.3 is 10.6 Å². The second-order valence-corrected chi connectivity index (χ2v) is 5.03. The predicted octanol–water partition coefficient (Wildman–Crippen LogP) is 2.08. The fourth-order valence-corrected chi connectivity index (χ4v) is 1.78. The molecule has 0 fully saturated rings. The number of benzene rings is 1. The van der Waals surface area contributed by atoms with E-state index in [2.05, 4.69) is 55.7 Å². The summed E-state index contributed by atoms with van der Waals surface area (Å²) in [7, 11) is 1.98. The second kappa shape index (κ2) is 6.02. The molecule has 1 aromatic rings. The second-order valence-electron chi connectivity index (χ2n) is 5.03. The van der Waals surface area contributed by atoms with Crippen LogP contribution in [0.25, 0.3) is 0 Å². The van der Waals surface area contributed by atoms with Gasteiger partial charge in [0.05, 0.1) is 0 Å². The van der Waals surface area contributed by atoms with Crippen LogP contribution in [0.1, 0.15) is 25.0 Å². The summed E-state index contributed by atoms with van der Waals surface area (Å²) in [6.07, 6.45) is 0. The van der Waals surface area contributed by atoms with Crippen LogP contribution in [0.3, 0.4) is 0 Å². The molecular formula is C14H24N2. The maximum atomic E-state index is 3.48. The molecule has 1 rings (SSSR count). The van der Waals surface area contributed by atoms with Gasteiger partial charge in [-0.15, -0.1) is 0 Å². The average Bonchev–Trinajstić information content (AvgIpc) is 2.24. The van der Waals surface area contributed by atoms with Crippen molar-refractivity contribution in [2.45, 2.75) is 26.2 Å². The molecular weight excluding hydrogens is 196 g/mol. The number of hydrogen-bond acceptors (Lipinski definition) is 2. The number of nitrogens with one attached hydrogen (secondary N) is 2. The Balaban J connectivity index is 2.55. The number of likely N-dealkylation sites (N-methyl/N-ethyl adjacent to an activating group) is 1. The topological polar surface area (TPSA) is 24.1 Å². The van der Waals surface area contributed by atoms with Crippen molar-refractivity contribution in [1.82, 2.24) is 10.6 Å². The van der Waals surface area contributed by atoms with Crippen LogP contribution < -0.4 is 10.6 Å². The summed E-state index contributed by atoms with van der Waals surface area (Å²) < 4.78 is 0. The van der Waals surface area contributed by atoms with Gasteiger partial charge in [0.2, 0.25) is 0 Å². The predicted molar refractivity (Wildman–Crippen MR) is 71.0 cm³/mol. The third-order valence-corrected chi connectivity index (χ3v) is 2.92. The molecule has 2 nitrogen and oxygen atoms in total. The largest absolute Gasteiger partial charge is 0.318 e. The van der Waals surface area contributed by atoms with Gasteiger partial charge in [0.25, 0.3) is 0 Å². The zero-order valence-electron chi connectivity index (χ0n) is 10.9. The first-order chi connectivity index (χ1) is 7.56. The quantitative estimate of drug-likeness (QED) is 0.717. The zero-order chi connectivity index (χ0) is 12.0. The Morgan fingerprint density at radius 2 is 1.94 bits per heavy atom. The van der Waals surface area contributed by atoms with E-state index in [4.69, 9.17) is 0 Å². The fourth-order valence-electron chi connectivity index (χ4n) is 1.78. The van der Waals surface area contributed by atoms with Crippen LogP contribution in [0, 0.1) is 6.92 Å². The van der Waals surface area contributed by atoms with Gasteiger partial charge >= 0.3 is 0 Å².